The topological polar surface area (TPSA) is 92.9 Å². The summed E-state index contributed by atoms with van der Waals surface area (Å²) in [6.45, 7) is 6.40. The molecule has 7 nitrogen and oxygen atoms in total. The van der Waals surface area contributed by atoms with Crippen molar-refractivity contribution in [2.45, 2.75) is 37.4 Å². The van der Waals surface area contributed by atoms with E-state index in [9.17, 15) is 13.2 Å². The van der Waals surface area contributed by atoms with Crippen LogP contribution in [0.4, 0.5) is 5.69 Å². The van der Waals surface area contributed by atoms with Gasteiger partial charge in [0.25, 0.3) is 0 Å². The number of hydrogen-bond acceptors (Lipinski definition) is 5. The third-order valence-electron chi connectivity index (χ3n) is 4.43. The summed E-state index contributed by atoms with van der Waals surface area (Å²) in [7, 11) is -3.72. The lowest BCUT2D eigenvalue weighted by atomic mass is 10.2. The lowest BCUT2D eigenvalue weighted by molar-refractivity contribution is -0.123. The second-order valence-corrected chi connectivity index (χ2v) is 8.14. The van der Waals surface area contributed by atoms with E-state index in [2.05, 4.69) is 4.90 Å². The highest BCUT2D eigenvalue weighted by atomic mass is 32.2. The number of nitrogens with zero attached hydrogens (tertiary/aromatic N) is 2. The molecular formula is C16H23N3O4S. The van der Waals surface area contributed by atoms with Crippen molar-refractivity contribution in [1.29, 1.82) is 0 Å². The summed E-state index contributed by atoms with van der Waals surface area (Å²) in [5.74, 6) is 0.0263. The van der Waals surface area contributed by atoms with Crippen LogP contribution >= 0.6 is 0 Å². The number of benzene rings is 1. The summed E-state index contributed by atoms with van der Waals surface area (Å²) in [6, 6.07) is 4.69. The van der Waals surface area contributed by atoms with Gasteiger partial charge >= 0.3 is 0 Å². The number of fused-ring (bicyclic) bond motifs is 1. The first kappa shape index (κ1) is 17.3. The highest BCUT2D eigenvalue weighted by Crippen LogP contribution is 2.30. The van der Waals surface area contributed by atoms with E-state index in [-0.39, 0.29) is 23.0 Å². The molecule has 0 bridgehead atoms. The largest absolute Gasteiger partial charge is 0.373 e. The highest BCUT2D eigenvalue weighted by molar-refractivity contribution is 7.89. The van der Waals surface area contributed by atoms with Crippen LogP contribution in [0.1, 0.15) is 19.4 Å². The van der Waals surface area contributed by atoms with Crippen LogP contribution in [-0.4, -0.2) is 57.6 Å². The molecule has 132 valence electrons. The highest BCUT2D eigenvalue weighted by Gasteiger charge is 2.29. The van der Waals surface area contributed by atoms with Gasteiger partial charge < -0.3 is 9.64 Å². The minimum atomic E-state index is -3.72. The number of rotatable bonds is 3. The standard InChI is InChI=1S/C16H23N3O4S/c1-11-8-18(9-12(2)23-11)10-16(20)19-6-5-13-7-14(24(17,21)22)3-4-15(13)19/h3-4,7,11-12H,5-6,8-10H2,1-2H3,(H2,17,21,22). The Labute approximate surface area is 142 Å². The number of carbonyl (C=O) groups excluding carboxylic acids is 1. The number of ether oxygens (including phenoxy) is 1. The van der Waals surface area contributed by atoms with Crippen molar-refractivity contribution >= 4 is 21.6 Å². The van der Waals surface area contributed by atoms with Gasteiger partial charge in [0, 0.05) is 25.3 Å². The van der Waals surface area contributed by atoms with Crippen molar-refractivity contribution in [2.75, 3.05) is 31.1 Å². The molecule has 24 heavy (non-hydrogen) atoms. The maximum Gasteiger partial charge on any atom is 0.241 e. The molecule has 3 rings (SSSR count). The Morgan fingerprint density at radius 3 is 2.58 bits per heavy atom. The van der Waals surface area contributed by atoms with Gasteiger partial charge in [-0.05, 0) is 44.0 Å². The van der Waals surface area contributed by atoms with Gasteiger partial charge in [0.15, 0.2) is 0 Å². The summed E-state index contributed by atoms with van der Waals surface area (Å²) in [5.41, 5.74) is 1.63. The molecule has 0 saturated carbocycles. The lowest BCUT2D eigenvalue weighted by Crippen LogP contribution is -2.49. The predicted molar refractivity (Wildman–Crippen MR) is 90.3 cm³/mol. The van der Waals surface area contributed by atoms with Gasteiger partial charge in [-0.1, -0.05) is 0 Å². The van der Waals surface area contributed by atoms with E-state index in [1.165, 1.54) is 6.07 Å². The zero-order valence-electron chi connectivity index (χ0n) is 13.9. The molecule has 0 spiro atoms. The zero-order valence-corrected chi connectivity index (χ0v) is 14.8. The second kappa shape index (κ2) is 6.44. The van der Waals surface area contributed by atoms with E-state index < -0.39 is 10.0 Å². The van der Waals surface area contributed by atoms with Crippen LogP contribution in [0.15, 0.2) is 23.1 Å². The number of morpholine rings is 1. The number of nitrogens with two attached hydrogens (primary N) is 1. The van der Waals surface area contributed by atoms with E-state index in [1.54, 1.807) is 17.0 Å². The minimum absolute atomic E-state index is 0.0263. The summed E-state index contributed by atoms with van der Waals surface area (Å²) in [6.07, 6.45) is 0.870. The first-order valence-electron chi connectivity index (χ1n) is 8.08. The van der Waals surface area contributed by atoms with Gasteiger partial charge in [-0.2, -0.15) is 0 Å². The Balaban J connectivity index is 1.73. The summed E-state index contributed by atoms with van der Waals surface area (Å²) >= 11 is 0. The monoisotopic (exact) mass is 353 g/mol. The lowest BCUT2D eigenvalue weighted by Gasteiger charge is -2.35. The number of primary sulfonamides is 1. The molecule has 1 amide bonds. The molecule has 8 heteroatoms. The maximum absolute atomic E-state index is 12.7. The fourth-order valence-corrected chi connectivity index (χ4v) is 4.07. The van der Waals surface area contributed by atoms with Gasteiger partial charge in [0.2, 0.25) is 15.9 Å². The van der Waals surface area contributed by atoms with Crippen LogP contribution < -0.4 is 10.0 Å². The summed E-state index contributed by atoms with van der Waals surface area (Å²) in [4.78, 5) is 16.6. The Hall–Kier alpha value is -1.48. The number of hydrogen-bond donors (Lipinski definition) is 1. The first-order valence-corrected chi connectivity index (χ1v) is 9.62. The van der Waals surface area contributed by atoms with E-state index in [0.717, 1.165) is 24.3 Å². The normalized spacial score (nSPS) is 24.9. The average Bonchev–Trinajstić information content (AvgIpc) is 2.88. The number of anilines is 1. The van der Waals surface area contributed by atoms with Crippen molar-refractivity contribution in [1.82, 2.24) is 4.90 Å². The fraction of sp³-hybridized carbons (Fsp3) is 0.562. The first-order chi connectivity index (χ1) is 11.2. The number of carbonyl (C=O) groups is 1. The zero-order chi connectivity index (χ0) is 17.5. The average molecular weight is 353 g/mol. The Bertz CT molecular complexity index is 740. The molecule has 2 heterocycles. The van der Waals surface area contributed by atoms with Gasteiger partial charge in [0.05, 0.1) is 23.6 Å². The molecule has 0 radical (unpaired) electrons. The van der Waals surface area contributed by atoms with Crippen molar-refractivity contribution < 1.29 is 17.9 Å². The number of sulfonamides is 1. The molecule has 2 aliphatic rings. The minimum Gasteiger partial charge on any atom is -0.373 e. The van der Waals surface area contributed by atoms with Crippen LogP contribution in [-0.2, 0) is 26.0 Å². The summed E-state index contributed by atoms with van der Waals surface area (Å²) < 4.78 is 28.6. The van der Waals surface area contributed by atoms with Crippen molar-refractivity contribution in [3.63, 3.8) is 0 Å². The SMILES string of the molecule is CC1CN(CC(=O)N2CCc3cc(S(N)(=O)=O)ccc32)CC(C)O1. The van der Waals surface area contributed by atoms with Crippen molar-refractivity contribution in [3.8, 4) is 0 Å². The smallest absolute Gasteiger partial charge is 0.241 e. The van der Waals surface area contributed by atoms with E-state index >= 15 is 0 Å². The second-order valence-electron chi connectivity index (χ2n) is 6.58. The molecule has 2 N–H and O–H groups in total. The fourth-order valence-electron chi connectivity index (χ4n) is 3.50. The molecule has 0 aromatic heterocycles. The van der Waals surface area contributed by atoms with Gasteiger partial charge in [-0.3, -0.25) is 9.69 Å². The molecule has 2 atom stereocenters. The van der Waals surface area contributed by atoms with E-state index in [4.69, 9.17) is 9.88 Å². The van der Waals surface area contributed by atoms with Crippen LogP contribution in [0.3, 0.4) is 0 Å². The Kier molecular flexibility index (Phi) is 4.65. The predicted octanol–water partition coefficient (Wildman–Crippen LogP) is 0.332. The van der Waals surface area contributed by atoms with Crippen molar-refractivity contribution in [2.24, 2.45) is 5.14 Å². The van der Waals surface area contributed by atoms with Crippen LogP contribution in [0.25, 0.3) is 0 Å². The summed E-state index contributed by atoms with van der Waals surface area (Å²) in [5, 5.41) is 5.17. The maximum atomic E-state index is 12.7. The van der Waals surface area contributed by atoms with Crippen LogP contribution in [0, 0.1) is 0 Å². The third-order valence-corrected chi connectivity index (χ3v) is 5.34. The quantitative estimate of drug-likeness (QED) is 0.845. The molecule has 1 aromatic carbocycles. The molecule has 0 aliphatic carbocycles. The van der Waals surface area contributed by atoms with Crippen LogP contribution in [0.2, 0.25) is 0 Å². The molecule has 1 saturated heterocycles. The molecule has 1 aromatic rings. The van der Waals surface area contributed by atoms with Crippen LogP contribution in [0.5, 0.6) is 0 Å². The Morgan fingerprint density at radius 2 is 1.96 bits per heavy atom. The molecule has 2 unspecified atom stereocenters. The molecule has 2 aliphatic heterocycles. The van der Waals surface area contributed by atoms with Gasteiger partial charge in [-0.15, -0.1) is 0 Å². The molecular weight excluding hydrogens is 330 g/mol. The van der Waals surface area contributed by atoms with Gasteiger partial charge in [0.1, 0.15) is 0 Å². The van der Waals surface area contributed by atoms with E-state index in [1.807, 2.05) is 13.8 Å². The van der Waals surface area contributed by atoms with Gasteiger partial charge in [-0.25, -0.2) is 13.6 Å². The molecule has 1 fully saturated rings. The van der Waals surface area contributed by atoms with Crippen molar-refractivity contribution in [3.05, 3.63) is 23.8 Å². The third kappa shape index (κ3) is 3.61. The number of amides is 1. The Morgan fingerprint density at radius 1 is 1.29 bits per heavy atom. The van der Waals surface area contributed by atoms with E-state index in [0.29, 0.717) is 19.5 Å².